The summed E-state index contributed by atoms with van der Waals surface area (Å²) in [7, 11) is 0. The maximum atomic E-state index is 13.1. The van der Waals surface area contributed by atoms with Crippen LogP contribution in [0.5, 0.6) is 0 Å². The standard InChI is InChI=1S/C13H14F2N2O3/c14-9-2-1-8(5-10(9)15)12(18)6-17-3-4-20-7-11(17)13(16)19/h1-2,5,11H,3-4,6-7H2,(H2,16,19). The molecule has 1 saturated heterocycles. The van der Waals surface area contributed by atoms with Crippen LogP contribution in [0.1, 0.15) is 10.4 Å². The van der Waals surface area contributed by atoms with Crippen molar-refractivity contribution in [2.24, 2.45) is 5.73 Å². The topological polar surface area (TPSA) is 72.6 Å². The maximum absolute atomic E-state index is 13.1. The summed E-state index contributed by atoms with van der Waals surface area (Å²) in [6, 6.07) is 2.27. The first-order chi connectivity index (χ1) is 9.49. The Bertz CT molecular complexity index is 536. The largest absolute Gasteiger partial charge is 0.378 e. The van der Waals surface area contributed by atoms with Gasteiger partial charge in [-0.2, -0.15) is 0 Å². The molecule has 20 heavy (non-hydrogen) atoms. The maximum Gasteiger partial charge on any atom is 0.237 e. The molecular weight excluding hydrogens is 270 g/mol. The third-order valence-corrected chi connectivity index (χ3v) is 3.16. The van der Waals surface area contributed by atoms with Crippen molar-refractivity contribution in [2.75, 3.05) is 26.3 Å². The highest BCUT2D eigenvalue weighted by molar-refractivity contribution is 5.98. The Morgan fingerprint density at radius 3 is 2.75 bits per heavy atom. The Hall–Kier alpha value is -1.86. The molecule has 2 N–H and O–H groups in total. The van der Waals surface area contributed by atoms with Gasteiger partial charge in [-0.25, -0.2) is 8.78 Å². The van der Waals surface area contributed by atoms with Crippen LogP contribution in [0.2, 0.25) is 0 Å². The number of Topliss-reactive ketones (excluding diaryl/α,β-unsaturated/α-hetero) is 1. The van der Waals surface area contributed by atoms with Crippen molar-refractivity contribution in [1.29, 1.82) is 0 Å². The van der Waals surface area contributed by atoms with Gasteiger partial charge in [0.25, 0.3) is 0 Å². The van der Waals surface area contributed by atoms with Gasteiger partial charge in [0.15, 0.2) is 17.4 Å². The van der Waals surface area contributed by atoms with E-state index in [0.29, 0.717) is 13.2 Å². The van der Waals surface area contributed by atoms with E-state index in [2.05, 4.69) is 0 Å². The minimum atomic E-state index is -1.08. The zero-order chi connectivity index (χ0) is 14.7. The fourth-order valence-corrected chi connectivity index (χ4v) is 2.03. The van der Waals surface area contributed by atoms with Crippen LogP contribution in [0.4, 0.5) is 8.78 Å². The van der Waals surface area contributed by atoms with E-state index >= 15 is 0 Å². The monoisotopic (exact) mass is 284 g/mol. The molecule has 7 heteroatoms. The molecular formula is C13H14F2N2O3. The predicted molar refractivity (Wildman–Crippen MR) is 66.1 cm³/mol. The molecule has 0 spiro atoms. The lowest BCUT2D eigenvalue weighted by molar-refractivity contribution is -0.128. The number of ketones is 1. The molecule has 5 nitrogen and oxygen atoms in total. The van der Waals surface area contributed by atoms with E-state index in [-0.39, 0.29) is 18.7 Å². The minimum absolute atomic E-state index is 0.0543. The second kappa shape index (κ2) is 6.06. The number of primary amides is 1. The van der Waals surface area contributed by atoms with Crippen LogP contribution in [-0.4, -0.2) is 48.9 Å². The quantitative estimate of drug-likeness (QED) is 0.809. The highest BCUT2D eigenvalue weighted by Gasteiger charge is 2.29. The van der Waals surface area contributed by atoms with Gasteiger partial charge in [0.05, 0.1) is 19.8 Å². The van der Waals surface area contributed by atoms with Gasteiger partial charge >= 0.3 is 0 Å². The number of hydrogen-bond donors (Lipinski definition) is 1. The molecule has 1 atom stereocenters. The summed E-state index contributed by atoms with van der Waals surface area (Å²) in [5, 5.41) is 0. The first kappa shape index (κ1) is 14.5. The minimum Gasteiger partial charge on any atom is -0.378 e. The summed E-state index contributed by atoms with van der Waals surface area (Å²) in [5.41, 5.74) is 5.29. The lowest BCUT2D eigenvalue weighted by atomic mass is 10.1. The predicted octanol–water partition coefficient (Wildman–Crippen LogP) is 0.334. The third-order valence-electron chi connectivity index (χ3n) is 3.16. The molecule has 1 heterocycles. The summed E-state index contributed by atoms with van der Waals surface area (Å²) < 4.78 is 31.0. The number of halogens is 2. The Morgan fingerprint density at radius 2 is 2.10 bits per heavy atom. The molecule has 1 fully saturated rings. The van der Waals surface area contributed by atoms with Gasteiger partial charge in [-0.05, 0) is 18.2 Å². The SMILES string of the molecule is NC(=O)C1COCCN1CC(=O)c1ccc(F)c(F)c1. The number of ether oxygens (including phenoxy) is 1. The van der Waals surface area contributed by atoms with E-state index in [0.717, 1.165) is 12.1 Å². The van der Waals surface area contributed by atoms with E-state index < -0.39 is 29.4 Å². The fraction of sp³-hybridized carbons (Fsp3) is 0.385. The van der Waals surface area contributed by atoms with Crippen molar-refractivity contribution in [1.82, 2.24) is 4.90 Å². The van der Waals surface area contributed by atoms with Crippen molar-refractivity contribution >= 4 is 11.7 Å². The second-order valence-electron chi connectivity index (χ2n) is 4.52. The van der Waals surface area contributed by atoms with E-state index in [4.69, 9.17) is 10.5 Å². The number of nitrogens with two attached hydrogens (primary N) is 1. The molecule has 0 aliphatic carbocycles. The molecule has 1 aromatic rings. The zero-order valence-electron chi connectivity index (χ0n) is 10.6. The van der Waals surface area contributed by atoms with Crippen molar-refractivity contribution in [3.8, 4) is 0 Å². The van der Waals surface area contributed by atoms with Gasteiger partial charge in [0.2, 0.25) is 5.91 Å². The average molecular weight is 284 g/mol. The lowest BCUT2D eigenvalue weighted by Crippen LogP contribution is -2.53. The normalized spacial score (nSPS) is 19.8. The summed E-state index contributed by atoms with van der Waals surface area (Å²) in [6.07, 6.45) is 0. The van der Waals surface area contributed by atoms with Crippen LogP contribution >= 0.6 is 0 Å². The van der Waals surface area contributed by atoms with Crippen LogP contribution in [0.25, 0.3) is 0 Å². The highest BCUT2D eigenvalue weighted by atomic mass is 19.2. The number of nitrogens with zero attached hydrogens (tertiary/aromatic N) is 1. The molecule has 1 aromatic carbocycles. The molecule has 1 aliphatic rings. The van der Waals surface area contributed by atoms with E-state index in [1.165, 1.54) is 6.07 Å². The summed E-state index contributed by atoms with van der Waals surface area (Å²) >= 11 is 0. The average Bonchev–Trinajstić information content (AvgIpc) is 2.42. The molecule has 1 aliphatic heterocycles. The van der Waals surface area contributed by atoms with Gasteiger partial charge in [0, 0.05) is 12.1 Å². The zero-order valence-corrected chi connectivity index (χ0v) is 10.6. The number of amides is 1. The van der Waals surface area contributed by atoms with E-state index in [1.807, 2.05) is 0 Å². The Balaban J connectivity index is 2.09. The molecule has 1 amide bonds. The molecule has 0 saturated carbocycles. The number of benzene rings is 1. The number of morpholine rings is 1. The van der Waals surface area contributed by atoms with Crippen LogP contribution < -0.4 is 5.73 Å². The summed E-state index contributed by atoms with van der Waals surface area (Å²) in [4.78, 5) is 24.9. The smallest absolute Gasteiger partial charge is 0.237 e. The van der Waals surface area contributed by atoms with Crippen molar-refractivity contribution in [3.63, 3.8) is 0 Å². The highest BCUT2D eigenvalue weighted by Crippen LogP contribution is 2.12. The number of carbonyl (C=O) groups is 2. The molecule has 0 bridgehead atoms. The molecule has 1 unspecified atom stereocenters. The number of hydrogen-bond acceptors (Lipinski definition) is 4. The Morgan fingerprint density at radius 1 is 1.35 bits per heavy atom. The molecule has 108 valence electrons. The molecule has 0 aromatic heterocycles. The van der Waals surface area contributed by atoms with Gasteiger partial charge in [0.1, 0.15) is 6.04 Å². The third kappa shape index (κ3) is 3.17. The Labute approximate surface area is 114 Å². The van der Waals surface area contributed by atoms with Gasteiger partial charge in [-0.1, -0.05) is 0 Å². The summed E-state index contributed by atoms with van der Waals surface area (Å²) in [5.74, 6) is -3.08. The number of rotatable bonds is 4. The van der Waals surface area contributed by atoms with Crippen LogP contribution in [0, 0.1) is 11.6 Å². The van der Waals surface area contributed by atoms with E-state index in [9.17, 15) is 18.4 Å². The van der Waals surface area contributed by atoms with Gasteiger partial charge < -0.3 is 10.5 Å². The summed E-state index contributed by atoms with van der Waals surface area (Å²) in [6.45, 7) is 0.792. The van der Waals surface area contributed by atoms with Crippen molar-refractivity contribution in [2.45, 2.75) is 6.04 Å². The van der Waals surface area contributed by atoms with Crippen molar-refractivity contribution < 1.29 is 23.1 Å². The van der Waals surface area contributed by atoms with Crippen molar-refractivity contribution in [3.05, 3.63) is 35.4 Å². The second-order valence-corrected chi connectivity index (χ2v) is 4.52. The fourth-order valence-electron chi connectivity index (χ4n) is 2.03. The van der Waals surface area contributed by atoms with Gasteiger partial charge in [-0.3, -0.25) is 14.5 Å². The van der Waals surface area contributed by atoms with Gasteiger partial charge in [-0.15, -0.1) is 0 Å². The Kier molecular flexibility index (Phi) is 4.41. The molecule has 2 rings (SSSR count). The number of carbonyl (C=O) groups excluding carboxylic acids is 2. The van der Waals surface area contributed by atoms with Crippen LogP contribution in [0.15, 0.2) is 18.2 Å². The van der Waals surface area contributed by atoms with E-state index in [1.54, 1.807) is 4.90 Å². The van der Waals surface area contributed by atoms with Crippen LogP contribution in [0.3, 0.4) is 0 Å². The lowest BCUT2D eigenvalue weighted by Gasteiger charge is -2.32. The van der Waals surface area contributed by atoms with Crippen LogP contribution in [-0.2, 0) is 9.53 Å². The molecule has 0 radical (unpaired) electrons. The first-order valence-electron chi connectivity index (χ1n) is 6.08. The first-order valence-corrected chi connectivity index (χ1v) is 6.08.